The van der Waals surface area contributed by atoms with Crippen molar-refractivity contribution in [2.45, 2.75) is 96.3 Å². The quantitative estimate of drug-likeness (QED) is 0.500. The predicted octanol–water partition coefficient (Wildman–Crippen LogP) is 4.10. The molecular formula is C26H34N6O4. The standard InChI is InChI=1S/C26H34N6O4/c1-17-12-14-21(35-17)24(26(34)27-19-8-6-7-9-19)32(20-10-4-3-5-11-20)23(33)16-31-29-25(28-30-31)22-15-13-18(2)36-22/h12-15,19-20,24H,3-11,16H2,1-2H3,(H,27,34). The van der Waals surface area contributed by atoms with E-state index in [1.54, 1.807) is 11.0 Å². The number of furan rings is 2. The van der Waals surface area contributed by atoms with Gasteiger partial charge in [-0.25, -0.2) is 0 Å². The number of carbonyl (C=O) groups is 2. The first-order valence-corrected chi connectivity index (χ1v) is 13.0. The molecule has 2 amide bonds. The van der Waals surface area contributed by atoms with Crippen LogP contribution in [-0.2, 0) is 16.1 Å². The van der Waals surface area contributed by atoms with Gasteiger partial charge in [-0.15, -0.1) is 10.2 Å². The SMILES string of the molecule is Cc1ccc(-c2nnn(CC(=O)N(C3CCCCC3)C(C(=O)NC3CCCC3)c3ccc(C)o3)n2)o1. The molecule has 0 saturated heterocycles. The molecule has 3 heterocycles. The lowest BCUT2D eigenvalue weighted by Crippen LogP contribution is -2.51. The summed E-state index contributed by atoms with van der Waals surface area (Å²) < 4.78 is 11.5. The summed E-state index contributed by atoms with van der Waals surface area (Å²) in [5, 5.41) is 15.7. The molecule has 36 heavy (non-hydrogen) atoms. The van der Waals surface area contributed by atoms with Crippen LogP contribution in [0.3, 0.4) is 0 Å². The highest BCUT2D eigenvalue weighted by Crippen LogP contribution is 2.33. The molecule has 10 heteroatoms. The van der Waals surface area contributed by atoms with Crippen molar-refractivity contribution in [3.05, 3.63) is 41.5 Å². The van der Waals surface area contributed by atoms with E-state index in [4.69, 9.17) is 8.83 Å². The highest BCUT2D eigenvalue weighted by atomic mass is 16.3. The number of hydrogen-bond acceptors (Lipinski definition) is 7. The number of aryl methyl sites for hydroxylation is 2. The highest BCUT2D eigenvalue weighted by molar-refractivity contribution is 5.88. The van der Waals surface area contributed by atoms with Gasteiger partial charge >= 0.3 is 0 Å². The fourth-order valence-corrected chi connectivity index (χ4v) is 5.43. The molecule has 10 nitrogen and oxygen atoms in total. The number of carbonyl (C=O) groups excluding carboxylic acids is 2. The zero-order chi connectivity index (χ0) is 25.1. The summed E-state index contributed by atoms with van der Waals surface area (Å²) in [5.41, 5.74) is 0. The van der Waals surface area contributed by atoms with Crippen molar-refractivity contribution < 1.29 is 18.4 Å². The summed E-state index contributed by atoms with van der Waals surface area (Å²) in [5.74, 6) is 2.32. The van der Waals surface area contributed by atoms with E-state index in [1.807, 2.05) is 32.0 Å². The molecule has 0 radical (unpaired) electrons. The fourth-order valence-electron chi connectivity index (χ4n) is 5.43. The van der Waals surface area contributed by atoms with Crippen molar-refractivity contribution in [2.75, 3.05) is 0 Å². The van der Waals surface area contributed by atoms with Crippen molar-refractivity contribution in [1.29, 1.82) is 0 Å². The van der Waals surface area contributed by atoms with E-state index >= 15 is 0 Å². The number of rotatable bonds is 8. The Hall–Kier alpha value is -3.43. The molecule has 0 aliphatic heterocycles. The molecule has 192 valence electrons. The summed E-state index contributed by atoms with van der Waals surface area (Å²) in [6.07, 6.45) is 9.01. The normalized spacial score (nSPS) is 17.8. The molecule has 1 N–H and O–H groups in total. The minimum atomic E-state index is -0.842. The van der Waals surface area contributed by atoms with Gasteiger partial charge in [0.05, 0.1) is 0 Å². The Kier molecular flexibility index (Phi) is 7.20. The van der Waals surface area contributed by atoms with E-state index in [9.17, 15) is 9.59 Å². The average Bonchev–Trinajstić information content (AvgIpc) is 3.67. The largest absolute Gasteiger partial charge is 0.464 e. The van der Waals surface area contributed by atoms with Gasteiger partial charge in [-0.05, 0) is 69.0 Å². The maximum atomic E-state index is 13.9. The molecule has 2 aliphatic rings. The number of nitrogens with zero attached hydrogens (tertiary/aromatic N) is 5. The monoisotopic (exact) mass is 494 g/mol. The second-order valence-corrected chi connectivity index (χ2v) is 9.99. The number of hydrogen-bond donors (Lipinski definition) is 1. The summed E-state index contributed by atoms with van der Waals surface area (Å²) in [7, 11) is 0. The average molecular weight is 495 g/mol. The van der Waals surface area contributed by atoms with Crippen LogP contribution in [0, 0.1) is 13.8 Å². The van der Waals surface area contributed by atoms with E-state index in [0.717, 1.165) is 63.5 Å². The minimum Gasteiger partial charge on any atom is -0.464 e. The van der Waals surface area contributed by atoms with Gasteiger partial charge in [-0.1, -0.05) is 32.1 Å². The summed E-state index contributed by atoms with van der Waals surface area (Å²) >= 11 is 0. The van der Waals surface area contributed by atoms with Gasteiger partial charge in [-0.3, -0.25) is 9.59 Å². The molecule has 2 saturated carbocycles. The van der Waals surface area contributed by atoms with Crippen LogP contribution in [0.15, 0.2) is 33.1 Å². The molecule has 3 aromatic heterocycles. The maximum Gasteiger partial charge on any atom is 0.250 e. The number of amides is 2. The molecule has 5 rings (SSSR count). The lowest BCUT2D eigenvalue weighted by Gasteiger charge is -2.38. The number of nitrogens with one attached hydrogen (secondary N) is 1. The van der Waals surface area contributed by atoms with Crippen LogP contribution in [0.4, 0.5) is 0 Å². The van der Waals surface area contributed by atoms with Crippen LogP contribution in [-0.4, -0.2) is 49.0 Å². The van der Waals surface area contributed by atoms with Gasteiger partial charge < -0.3 is 19.1 Å². The van der Waals surface area contributed by atoms with Crippen molar-refractivity contribution in [3.8, 4) is 11.6 Å². The molecule has 0 aromatic carbocycles. The Morgan fingerprint density at radius 1 is 1.00 bits per heavy atom. The van der Waals surface area contributed by atoms with Crippen molar-refractivity contribution in [1.82, 2.24) is 30.4 Å². The second kappa shape index (κ2) is 10.7. The lowest BCUT2D eigenvalue weighted by atomic mass is 9.92. The van der Waals surface area contributed by atoms with Gasteiger partial charge in [-0.2, -0.15) is 4.80 Å². The second-order valence-electron chi connectivity index (χ2n) is 9.99. The smallest absolute Gasteiger partial charge is 0.250 e. The Morgan fingerprint density at radius 3 is 2.36 bits per heavy atom. The zero-order valence-corrected chi connectivity index (χ0v) is 21.0. The summed E-state index contributed by atoms with van der Waals surface area (Å²) in [6, 6.07) is 6.47. The summed E-state index contributed by atoms with van der Waals surface area (Å²) in [4.78, 5) is 30.6. The van der Waals surface area contributed by atoms with Crippen LogP contribution in [0.25, 0.3) is 11.6 Å². The van der Waals surface area contributed by atoms with Crippen LogP contribution in [0.5, 0.6) is 0 Å². The van der Waals surface area contributed by atoms with Gasteiger partial charge in [0.1, 0.15) is 23.8 Å². The predicted molar refractivity (Wildman–Crippen MR) is 131 cm³/mol. The molecule has 0 spiro atoms. The first kappa shape index (κ1) is 24.3. The highest BCUT2D eigenvalue weighted by Gasteiger charge is 2.39. The molecule has 2 fully saturated rings. The molecule has 3 aromatic rings. The van der Waals surface area contributed by atoms with E-state index in [2.05, 4.69) is 20.7 Å². The third kappa shape index (κ3) is 5.37. The van der Waals surface area contributed by atoms with E-state index < -0.39 is 6.04 Å². The first-order chi connectivity index (χ1) is 17.5. The number of aromatic nitrogens is 4. The lowest BCUT2D eigenvalue weighted by molar-refractivity contribution is -0.146. The Morgan fingerprint density at radius 2 is 1.69 bits per heavy atom. The van der Waals surface area contributed by atoms with Crippen LogP contribution < -0.4 is 5.32 Å². The van der Waals surface area contributed by atoms with Gasteiger partial charge in [0.25, 0.3) is 5.91 Å². The van der Waals surface area contributed by atoms with E-state index in [-0.39, 0.29) is 30.4 Å². The Bertz CT molecular complexity index is 1180. The van der Waals surface area contributed by atoms with Gasteiger partial charge in [0.2, 0.25) is 11.7 Å². The van der Waals surface area contributed by atoms with Crippen LogP contribution in [0.2, 0.25) is 0 Å². The third-order valence-corrected chi connectivity index (χ3v) is 7.21. The zero-order valence-electron chi connectivity index (χ0n) is 21.0. The van der Waals surface area contributed by atoms with E-state index in [1.165, 1.54) is 4.80 Å². The van der Waals surface area contributed by atoms with Gasteiger partial charge in [0.15, 0.2) is 11.8 Å². The van der Waals surface area contributed by atoms with Gasteiger partial charge in [0, 0.05) is 12.1 Å². The Labute approximate surface area is 210 Å². The third-order valence-electron chi connectivity index (χ3n) is 7.21. The topological polar surface area (TPSA) is 119 Å². The molecular weight excluding hydrogens is 460 g/mol. The number of tetrazole rings is 1. The maximum absolute atomic E-state index is 13.9. The summed E-state index contributed by atoms with van der Waals surface area (Å²) in [6.45, 7) is 3.56. The van der Waals surface area contributed by atoms with Crippen molar-refractivity contribution in [2.24, 2.45) is 0 Å². The first-order valence-electron chi connectivity index (χ1n) is 13.0. The van der Waals surface area contributed by atoms with Crippen molar-refractivity contribution in [3.63, 3.8) is 0 Å². The van der Waals surface area contributed by atoms with Crippen molar-refractivity contribution >= 4 is 11.8 Å². The molecule has 0 bridgehead atoms. The Balaban J connectivity index is 1.43. The van der Waals surface area contributed by atoms with Crippen LogP contribution in [0.1, 0.15) is 81.1 Å². The molecule has 1 atom stereocenters. The fraction of sp³-hybridized carbons (Fsp3) is 0.577. The minimum absolute atomic E-state index is 0.0632. The molecule has 2 aliphatic carbocycles. The van der Waals surface area contributed by atoms with E-state index in [0.29, 0.717) is 23.1 Å². The molecule has 1 unspecified atom stereocenters. The van der Waals surface area contributed by atoms with Crippen LogP contribution >= 0.6 is 0 Å².